The molecular weight excluding hydrogens is 330 g/mol. The number of urea groups is 1. The number of carbonyl (C=O) groups is 2. The second-order valence-corrected chi connectivity index (χ2v) is 6.01. The van der Waals surface area contributed by atoms with E-state index in [1.807, 2.05) is 54.6 Å². The van der Waals surface area contributed by atoms with Gasteiger partial charge in [0.15, 0.2) is 0 Å². The summed E-state index contributed by atoms with van der Waals surface area (Å²) in [4.78, 5) is 24.4. The highest BCUT2D eigenvalue weighted by Gasteiger charge is 2.27. The molecule has 1 aliphatic heterocycles. The van der Waals surface area contributed by atoms with Crippen molar-refractivity contribution in [2.75, 3.05) is 10.6 Å². The van der Waals surface area contributed by atoms with E-state index in [0.29, 0.717) is 12.1 Å². The van der Waals surface area contributed by atoms with Crippen molar-refractivity contribution in [1.29, 1.82) is 0 Å². The van der Waals surface area contributed by atoms with E-state index in [1.54, 1.807) is 17.1 Å². The van der Waals surface area contributed by atoms with Gasteiger partial charge in [-0.3, -0.25) is 4.79 Å². The molecule has 0 fully saturated rings. The fourth-order valence-electron chi connectivity index (χ4n) is 2.90. The Balaban J connectivity index is 1.40. The van der Waals surface area contributed by atoms with Crippen molar-refractivity contribution in [3.05, 3.63) is 72.6 Å². The Morgan fingerprint density at radius 2 is 1.88 bits per heavy atom. The molecule has 0 spiro atoms. The molecule has 7 heteroatoms. The molecule has 4 rings (SSSR count). The Morgan fingerprint density at radius 1 is 1.12 bits per heavy atom. The predicted molar refractivity (Wildman–Crippen MR) is 98.3 cm³/mol. The summed E-state index contributed by atoms with van der Waals surface area (Å²) in [6.45, 7) is 0. The maximum absolute atomic E-state index is 12.2. The molecule has 0 saturated carbocycles. The number of para-hydroxylation sites is 2. The summed E-state index contributed by atoms with van der Waals surface area (Å²) in [6, 6.07) is 16.1. The van der Waals surface area contributed by atoms with Gasteiger partial charge in [0.2, 0.25) is 5.91 Å². The Bertz CT molecular complexity index is 951. The van der Waals surface area contributed by atoms with Crippen LogP contribution in [0.4, 0.5) is 16.2 Å². The van der Waals surface area contributed by atoms with Crippen molar-refractivity contribution in [2.24, 2.45) is 0 Å². The van der Waals surface area contributed by atoms with Gasteiger partial charge >= 0.3 is 6.03 Å². The highest BCUT2D eigenvalue weighted by atomic mass is 16.2. The molecule has 1 aliphatic rings. The SMILES string of the molecule is O=C(Nc1cnn(-c2ccccc2)c1)NC1Cc2ccccc2NC1=O. The quantitative estimate of drug-likeness (QED) is 0.680. The van der Waals surface area contributed by atoms with Gasteiger partial charge in [0.1, 0.15) is 6.04 Å². The first-order chi connectivity index (χ1) is 12.7. The van der Waals surface area contributed by atoms with E-state index in [-0.39, 0.29) is 5.91 Å². The Labute approximate surface area is 150 Å². The molecular formula is C19H17N5O2. The van der Waals surface area contributed by atoms with Gasteiger partial charge in [0.05, 0.1) is 23.8 Å². The Kier molecular flexibility index (Phi) is 4.10. The van der Waals surface area contributed by atoms with Crippen LogP contribution in [0.3, 0.4) is 0 Å². The van der Waals surface area contributed by atoms with Gasteiger partial charge in [0.25, 0.3) is 0 Å². The van der Waals surface area contributed by atoms with Crippen molar-refractivity contribution < 1.29 is 9.59 Å². The lowest BCUT2D eigenvalue weighted by molar-refractivity contribution is -0.118. The number of rotatable bonds is 3. The monoisotopic (exact) mass is 347 g/mol. The second-order valence-electron chi connectivity index (χ2n) is 6.01. The van der Waals surface area contributed by atoms with Gasteiger partial charge in [-0.15, -0.1) is 0 Å². The lowest BCUT2D eigenvalue weighted by Crippen LogP contribution is -2.48. The smallest absolute Gasteiger partial charge is 0.319 e. The van der Waals surface area contributed by atoms with Gasteiger partial charge in [-0.25, -0.2) is 9.48 Å². The van der Waals surface area contributed by atoms with E-state index in [2.05, 4.69) is 21.0 Å². The summed E-state index contributed by atoms with van der Waals surface area (Å²) < 4.78 is 1.67. The lowest BCUT2D eigenvalue weighted by Gasteiger charge is -2.25. The fourth-order valence-corrected chi connectivity index (χ4v) is 2.90. The van der Waals surface area contributed by atoms with E-state index in [0.717, 1.165) is 16.9 Å². The van der Waals surface area contributed by atoms with Gasteiger partial charge in [0, 0.05) is 12.1 Å². The van der Waals surface area contributed by atoms with E-state index in [9.17, 15) is 9.59 Å². The van der Waals surface area contributed by atoms with E-state index in [1.165, 1.54) is 0 Å². The largest absolute Gasteiger partial charge is 0.326 e. The number of hydrogen-bond acceptors (Lipinski definition) is 3. The van der Waals surface area contributed by atoms with Crippen LogP contribution in [0, 0.1) is 0 Å². The van der Waals surface area contributed by atoms with Crippen LogP contribution in [0.1, 0.15) is 5.56 Å². The Hall–Kier alpha value is -3.61. The fraction of sp³-hybridized carbons (Fsp3) is 0.105. The number of carbonyl (C=O) groups excluding carboxylic acids is 2. The molecule has 26 heavy (non-hydrogen) atoms. The van der Waals surface area contributed by atoms with Gasteiger partial charge < -0.3 is 16.0 Å². The Morgan fingerprint density at radius 3 is 2.73 bits per heavy atom. The molecule has 2 aromatic carbocycles. The summed E-state index contributed by atoms with van der Waals surface area (Å²) in [6.07, 6.45) is 3.73. The number of benzene rings is 2. The minimum atomic E-state index is -0.617. The zero-order chi connectivity index (χ0) is 17.9. The minimum Gasteiger partial charge on any atom is -0.326 e. The minimum absolute atomic E-state index is 0.223. The van der Waals surface area contributed by atoms with Crippen molar-refractivity contribution in [3.63, 3.8) is 0 Å². The maximum atomic E-state index is 12.2. The molecule has 7 nitrogen and oxygen atoms in total. The lowest BCUT2D eigenvalue weighted by atomic mass is 9.99. The number of hydrogen-bond donors (Lipinski definition) is 3. The molecule has 3 amide bonds. The predicted octanol–water partition coefficient (Wildman–Crippen LogP) is 2.56. The normalized spacial score (nSPS) is 15.7. The van der Waals surface area contributed by atoms with Gasteiger partial charge in [-0.05, 0) is 23.8 Å². The topological polar surface area (TPSA) is 88.1 Å². The second kappa shape index (κ2) is 6.72. The van der Waals surface area contributed by atoms with E-state index in [4.69, 9.17) is 0 Å². The van der Waals surface area contributed by atoms with E-state index < -0.39 is 12.1 Å². The summed E-state index contributed by atoms with van der Waals surface area (Å²) in [5.41, 5.74) is 3.22. The third-order valence-electron chi connectivity index (χ3n) is 4.18. The van der Waals surface area contributed by atoms with Crippen molar-refractivity contribution in [3.8, 4) is 5.69 Å². The molecule has 2 heterocycles. The zero-order valence-electron chi connectivity index (χ0n) is 13.8. The molecule has 3 N–H and O–H groups in total. The van der Waals surface area contributed by atoms with Crippen LogP contribution in [-0.2, 0) is 11.2 Å². The number of anilines is 2. The number of amides is 3. The van der Waals surface area contributed by atoms with Crippen LogP contribution in [0.2, 0.25) is 0 Å². The van der Waals surface area contributed by atoms with E-state index >= 15 is 0 Å². The van der Waals surface area contributed by atoms with Crippen molar-refractivity contribution in [1.82, 2.24) is 15.1 Å². The average molecular weight is 347 g/mol. The number of nitrogens with zero attached hydrogens (tertiary/aromatic N) is 2. The van der Waals surface area contributed by atoms with Crippen LogP contribution >= 0.6 is 0 Å². The van der Waals surface area contributed by atoms with Crippen LogP contribution in [0.5, 0.6) is 0 Å². The molecule has 0 aliphatic carbocycles. The first kappa shape index (κ1) is 15.9. The third-order valence-corrected chi connectivity index (χ3v) is 4.18. The standard InChI is InChI=1S/C19H17N5O2/c25-18-17(10-13-6-4-5-9-16(13)22-18)23-19(26)21-14-11-20-24(12-14)15-7-2-1-3-8-15/h1-9,11-12,17H,10H2,(H,22,25)(H2,21,23,26). The van der Waals surface area contributed by atoms with Crippen LogP contribution in [-0.4, -0.2) is 27.8 Å². The highest BCUT2D eigenvalue weighted by molar-refractivity contribution is 6.01. The number of aromatic nitrogens is 2. The molecule has 0 bridgehead atoms. The molecule has 0 radical (unpaired) electrons. The van der Waals surface area contributed by atoms with Crippen molar-refractivity contribution in [2.45, 2.75) is 12.5 Å². The summed E-state index contributed by atoms with van der Waals surface area (Å²) in [5, 5.41) is 12.5. The molecule has 130 valence electrons. The third kappa shape index (κ3) is 3.27. The number of fused-ring (bicyclic) bond motifs is 1. The molecule has 0 saturated heterocycles. The summed E-state index contributed by atoms with van der Waals surface area (Å²) >= 11 is 0. The van der Waals surface area contributed by atoms with Crippen LogP contribution in [0.15, 0.2) is 67.0 Å². The van der Waals surface area contributed by atoms with Gasteiger partial charge in [-0.2, -0.15) is 5.10 Å². The highest BCUT2D eigenvalue weighted by Crippen LogP contribution is 2.22. The van der Waals surface area contributed by atoms with Gasteiger partial charge in [-0.1, -0.05) is 36.4 Å². The zero-order valence-corrected chi connectivity index (χ0v) is 13.8. The van der Waals surface area contributed by atoms with Crippen LogP contribution in [0.25, 0.3) is 5.69 Å². The van der Waals surface area contributed by atoms with Crippen LogP contribution < -0.4 is 16.0 Å². The summed E-state index contributed by atoms with van der Waals surface area (Å²) in [7, 11) is 0. The first-order valence-corrected chi connectivity index (χ1v) is 8.25. The number of nitrogens with one attached hydrogen (secondary N) is 3. The molecule has 1 unspecified atom stereocenters. The van der Waals surface area contributed by atoms with Crippen molar-refractivity contribution >= 4 is 23.3 Å². The first-order valence-electron chi connectivity index (χ1n) is 8.25. The average Bonchev–Trinajstić information content (AvgIpc) is 3.11. The molecule has 3 aromatic rings. The molecule has 1 atom stereocenters. The maximum Gasteiger partial charge on any atom is 0.319 e. The molecule has 1 aromatic heterocycles. The summed E-state index contributed by atoms with van der Waals surface area (Å²) in [5.74, 6) is -0.223.